The average Bonchev–Trinajstić information content (AvgIpc) is 2.78. The number of nitrogens with zero attached hydrogens (tertiary/aromatic N) is 1. The van der Waals surface area contributed by atoms with Crippen LogP contribution in [0.15, 0.2) is 48.7 Å². The van der Waals surface area contributed by atoms with Crippen LogP contribution in [0.1, 0.15) is 53.5 Å². The number of ketones is 1. The number of anilines is 1. The van der Waals surface area contributed by atoms with Crippen LogP contribution < -0.4 is 10.6 Å². The van der Waals surface area contributed by atoms with Crippen molar-refractivity contribution in [3.8, 4) is 0 Å². The highest BCUT2D eigenvalue weighted by Crippen LogP contribution is 2.29. The number of benzene rings is 2. The summed E-state index contributed by atoms with van der Waals surface area (Å²) in [5.74, 6) is -0.414. The molecule has 1 atom stereocenters. The zero-order valence-corrected chi connectivity index (χ0v) is 18.8. The minimum atomic E-state index is -0.378. The van der Waals surface area contributed by atoms with Gasteiger partial charge in [0.25, 0.3) is 5.91 Å². The van der Waals surface area contributed by atoms with Gasteiger partial charge in [-0.2, -0.15) is 0 Å². The Morgan fingerprint density at radius 3 is 2.45 bits per heavy atom. The maximum atomic E-state index is 13.7. The standard InChI is InChI=1S/C15H17FN2O.C10H13NO/c1-4-9(2)15(19)11-8-18-14-10(13(11)17-3)6-5-7-12(14)16;1-3-11-10(12)9-6-4-5-8(2)7-9/h5-9H,4H2,1-3H3,(H,17,18);4-7H,3H2,1-2H3,(H,11,12). The SMILES string of the molecule is CCC(C)C(=O)c1cnc2c(F)cccc2c1NC.CCNC(=O)c1cccc(C)c1. The molecule has 1 amide bonds. The van der Waals surface area contributed by atoms with Gasteiger partial charge in [-0.25, -0.2) is 4.39 Å². The molecule has 1 aromatic heterocycles. The second-order valence-electron chi connectivity index (χ2n) is 7.34. The molecule has 2 N–H and O–H groups in total. The Morgan fingerprint density at radius 2 is 1.84 bits per heavy atom. The molecule has 6 heteroatoms. The third-order valence-electron chi connectivity index (χ3n) is 5.04. The summed E-state index contributed by atoms with van der Waals surface area (Å²) in [5, 5.41) is 6.38. The van der Waals surface area contributed by atoms with Crippen molar-refractivity contribution in [3.05, 3.63) is 71.2 Å². The second kappa shape index (κ2) is 11.2. The van der Waals surface area contributed by atoms with Crippen molar-refractivity contribution in [2.45, 2.75) is 34.1 Å². The van der Waals surface area contributed by atoms with Gasteiger partial charge < -0.3 is 10.6 Å². The molecule has 0 spiro atoms. The summed E-state index contributed by atoms with van der Waals surface area (Å²) < 4.78 is 13.7. The van der Waals surface area contributed by atoms with Crippen LogP contribution in [0.2, 0.25) is 0 Å². The van der Waals surface area contributed by atoms with Gasteiger partial charge in [0.2, 0.25) is 0 Å². The molecule has 0 saturated carbocycles. The number of carbonyl (C=O) groups is 2. The Kier molecular flexibility index (Phi) is 8.67. The number of rotatable bonds is 6. The van der Waals surface area contributed by atoms with Gasteiger partial charge in [0, 0.05) is 36.7 Å². The maximum Gasteiger partial charge on any atom is 0.251 e. The van der Waals surface area contributed by atoms with Gasteiger partial charge in [0.05, 0.1) is 11.3 Å². The molecule has 0 fully saturated rings. The van der Waals surface area contributed by atoms with E-state index in [9.17, 15) is 14.0 Å². The zero-order valence-electron chi connectivity index (χ0n) is 18.8. The quantitative estimate of drug-likeness (QED) is 0.522. The molecule has 0 radical (unpaired) electrons. The number of nitrogens with one attached hydrogen (secondary N) is 2. The molecule has 1 unspecified atom stereocenters. The second-order valence-corrected chi connectivity index (χ2v) is 7.34. The van der Waals surface area contributed by atoms with Crippen molar-refractivity contribution in [1.82, 2.24) is 10.3 Å². The van der Waals surface area contributed by atoms with Crippen LogP contribution in [0.5, 0.6) is 0 Å². The fraction of sp³-hybridized carbons (Fsp3) is 0.320. The summed E-state index contributed by atoms with van der Waals surface area (Å²) in [6, 6.07) is 12.3. The van der Waals surface area contributed by atoms with E-state index in [0.29, 0.717) is 23.2 Å². The van der Waals surface area contributed by atoms with Gasteiger partial charge in [-0.15, -0.1) is 0 Å². The van der Waals surface area contributed by atoms with Gasteiger partial charge in [0.1, 0.15) is 11.3 Å². The Labute approximate surface area is 183 Å². The van der Waals surface area contributed by atoms with E-state index < -0.39 is 0 Å². The molecule has 164 valence electrons. The molecule has 1 heterocycles. The van der Waals surface area contributed by atoms with Gasteiger partial charge >= 0.3 is 0 Å². The molecule has 0 saturated heterocycles. The predicted octanol–water partition coefficient (Wildman–Crippen LogP) is 5.39. The number of hydrogen-bond donors (Lipinski definition) is 2. The van der Waals surface area contributed by atoms with Crippen molar-refractivity contribution in [1.29, 1.82) is 0 Å². The molecule has 2 aromatic carbocycles. The highest BCUT2D eigenvalue weighted by molar-refractivity contribution is 6.08. The van der Waals surface area contributed by atoms with Crippen LogP contribution in [0, 0.1) is 18.7 Å². The lowest BCUT2D eigenvalue weighted by molar-refractivity contribution is 0.0926. The predicted molar refractivity (Wildman–Crippen MR) is 124 cm³/mol. The molecule has 3 rings (SSSR count). The molecule has 3 aromatic rings. The van der Waals surface area contributed by atoms with E-state index in [0.717, 1.165) is 17.5 Å². The maximum absolute atomic E-state index is 13.7. The number of hydrogen-bond acceptors (Lipinski definition) is 4. The average molecular weight is 424 g/mol. The number of halogens is 1. The number of pyridine rings is 1. The summed E-state index contributed by atoms with van der Waals surface area (Å²) in [4.78, 5) is 27.7. The molecule has 0 aliphatic carbocycles. The van der Waals surface area contributed by atoms with Crippen molar-refractivity contribution < 1.29 is 14.0 Å². The number of amides is 1. The van der Waals surface area contributed by atoms with Crippen molar-refractivity contribution >= 4 is 28.3 Å². The van der Waals surface area contributed by atoms with Gasteiger partial charge in [-0.1, -0.05) is 43.7 Å². The first-order valence-electron chi connectivity index (χ1n) is 10.5. The fourth-order valence-corrected chi connectivity index (χ4v) is 3.14. The fourth-order valence-electron chi connectivity index (χ4n) is 3.14. The van der Waals surface area contributed by atoms with Gasteiger partial charge in [-0.3, -0.25) is 14.6 Å². The van der Waals surface area contributed by atoms with E-state index in [1.807, 2.05) is 52.0 Å². The lowest BCUT2D eigenvalue weighted by atomic mass is 9.95. The van der Waals surface area contributed by atoms with Crippen LogP contribution in [-0.4, -0.2) is 30.3 Å². The lowest BCUT2D eigenvalue weighted by Crippen LogP contribution is -2.22. The number of Topliss-reactive ketones (excluding diaryl/α,β-unsaturated/α-hetero) is 1. The Morgan fingerprint density at radius 1 is 1.13 bits per heavy atom. The zero-order chi connectivity index (χ0) is 23.0. The molecular formula is C25H30FN3O2. The first kappa shape index (κ1) is 24.0. The van der Waals surface area contributed by atoms with E-state index in [4.69, 9.17) is 0 Å². The normalized spacial score (nSPS) is 11.3. The molecule has 0 aliphatic heterocycles. The molecule has 31 heavy (non-hydrogen) atoms. The Bertz CT molecular complexity index is 1070. The number of aryl methyl sites for hydroxylation is 1. The van der Waals surface area contributed by atoms with Crippen LogP contribution in [-0.2, 0) is 0 Å². The third-order valence-corrected chi connectivity index (χ3v) is 5.04. The smallest absolute Gasteiger partial charge is 0.251 e. The topological polar surface area (TPSA) is 71.1 Å². The largest absolute Gasteiger partial charge is 0.387 e. The molecule has 0 aliphatic rings. The summed E-state index contributed by atoms with van der Waals surface area (Å²) in [6.07, 6.45) is 2.23. The van der Waals surface area contributed by atoms with E-state index in [1.165, 1.54) is 12.3 Å². The number of fused-ring (bicyclic) bond motifs is 1. The van der Waals surface area contributed by atoms with Crippen molar-refractivity contribution in [2.75, 3.05) is 18.9 Å². The number of aromatic nitrogens is 1. The highest BCUT2D eigenvalue weighted by atomic mass is 19.1. The first-order chi connectivity index (χ1) is 14.8. The van der Waals surface area contributed by atoms with E-state index >= 15 is 0 Å². The van der Waals surface area contributed by atoms with Crippen molar-refractivity contribution in [3.63, 3.8) is 0 Å². The summed E-state index contributed by atoms with van der Waals surface area (Å²) in [7, 11) is 1.73. The summed E-state index contributed by atoms with van der Waals surface area (Å²) in [5.41, 5.74) is 3.30. The molecular weight excluding hydrogens is 393 g/mol. The lowest BCUT2D eigenvalue weighted by Gasteiger charge is -2.14. The molecule has 5 nitrogen and oxygen atoms in total. The Hall–Kier alpha value is -3.28. The summed E-state index contributed by atoms with van der Waals surface area (Å²) in [6.45, 7) is 8.41. The van der Waals surface area contributed by atoms with Crippen LogP contribution in [0.4, 0.5) is 10.1 Å². The van der Waals surface area contributed by atoms with E-state index in [2.05, 4.69) is 15.6 Å². The van der Waals surface area contributed by atoms with Gasteiger partial charge in [0.15, 0.2) is 5.78 Å². The number of para-hydroxylation sites is 1. The first-order valence-corrected chi connectivity index (χ1v) is 10.5. The summed E-state index contributed by atoms with van der Waals surface area (Å²) >= 11 is 0. The third kappa shape index (κ3) is 5.87. The van der Waals surface area contributed by atoms with E-state index in [1.54, 1.807) is 19.2 Å². The van der Waals surface area contributed by atoms with Gasteiger partial charge in [-0.05, 0) is 38.5 Å². The monoisotopic (exact) mass is 423 g/mol. The molecule has 0 bridgehead atoms. The van der Waals surface area contributed by atoms with Crippen molar-refractivity contribution in [2.24, 2.45) is 5.92 Å². The highest BCUT2D eigenvalue weighted by Gasteiger charge is 2.19. The minimum Gasteiger partial charge on any atom is -0.387 e. The van der Waals surface area contributed by atoms with Crippen LogP contribution in [0.3, 0.4) is 0 Å². The minimum absolute atomic E-state index is 0.00111. The van der Waals surface area contributed by atoms with E-state index in [-0.39, 0.29) is 28.9 Å². The van der Waals surface area contributed by atoms with Crippen LogP contribution in [0.25, 0.3) is 10.9 Å². The Balaban J connectivity index is 0.000000245. The van der Waals surface area contributed by atoms with Crippen LogP contribution >= 0.6 is 0 Å². The number of carbonyl (C=O) groups excluding carboxylic acids is 2.